The smallest absolute Gasteiger partial charge is 0.430 e. The van der Waals surface area contributed by atoms with Crippen LogP contribution in [0.25, 0.3) is 0 Å². The van der Waals surface area contributed by atoms with Crippen LogP contribution in [-0.2, 0) is 0 Å². The first-order valence-electron chi connectivity index (χ1n) is 3.86. The Kier molecular flexibility index (Phi) is 2.28. The molecule has 0 fully saturated rings. The van der Waals surface area contributed by atoms with Gasteiger partial charge in [0.1, 0.15) is 0 Å². The molecule has 0 aliphatic heterocycles. The van der Waals surface area contributed by atoms with Gasteiger partial charge in [0.05, 0.1) is 0 Å². The first-order chi connectivity index (χ1) is 6.32. The van der Waals surface area contributed by atoms with E-state index in [0.29, 0.717) is 4.86 Å². The maximum atomic E-state index is 11.3. The summed E-state index contributed by atoms with van der Waals surface area (Å²) in [7, 11) is 0. The minimum atomic E-state index is -0.753. The molecule has 2 N–H and O–H groups in total. The number of hydrogen-bond donors (Lipinski definition) is 1. The van der Waals surface area contributed by atoms with Crippen LogP contribution in [0.2, 0.25) is 0 Å². The van der Waals surface area contributed by atoms with Crippen LogP contribution >= 0.6 is 0 Å². The van der Waals surface area contributed by atoms with Gasteiger partial charge in [-0.2, -0.15) is 0 Å². The minimum Gasteiger partial charge on any atom is -0.587 e. The van der Waals surface area contributed by atoms with Crippen LogP contribution in [-0.4, -0.2) is 15.6 Å². The second-order valence-corrected chi connectivity index (χ2v) is 3.68. The van der Waals surface area contributed by atoms with E-state index in [4.69, 9.17) is 5.73 Å². The molecule has 14 heavy (non-hydrogen) atoms. The third-order valence-electron chi connectivity index (χ3n) is 1.37. The van der Waals surface area contributed by atoms with E-state index in [1.54, 1.807) is 20.8 Å². The Hall–Kier alpha value is -1.86. The van der Waals surface area contributed by atoms with E-state index in [1.807, 2.05) is 0 Å². The molecule has 0 aliphatic rings. The van der Waals surface area contributed by atoms with Crippen molar-refractivity contribution in [2.24, 2.45) is 5.11 Å². The van der Waals surface area contributed by atoms with Crippen molar-refractivity contribution in [1.82, 2.24) is 5.16 Å². The fourth-order valence-electron chi connectivity index (χ4n) is 0.578. The molecule has 1 aromatic heterocycles. The maximum absolute atomic E-state index is 11.3. The molecule has 1 aromatic rings. The summed E-state index contributed by atoms with van der Waals surface area (Å²) in [6, 6.07) is 0. The zero-order chi connectivity index (χ0) is 10.9. The number of aromatic nitrogens is 2. The molecule has 0 radical (unpaired) electrons. The van der Waals surface area contributed by atoms with Gasteiger partial charge in [-0.05, 0) is 14.9 Å². The highest BCUT2D eigenvalue weighted by Crippen LogP contribution is 2.16. The second kappa shape index (κ2) is 3.13. The summed E-state index contributed by atoms with van der Waals surface area (Å²) in [4.78, 5) is 0.344. The molecular weight excluding hydrogens is 190 g/mol. The summed E-state index contributed by atoms with van der Waals surface area (Å²) < 4.78 is 4.14. The lowest BCUT2D eigenvalue weighted by Crippen LogP contribution is -2.29. The Balaban J connectivity index is 3.09. The molecule has 0 aliphatic carbocycles. The molecule has 0 amide bonds. The number of rotatable bonds is 1. The number of anilines is 1. The van der Waals surface area contributed by atoms with Gasteiger partial charge in [0.25, 0.3) is 0 Å². The van der Waals surface area contributed by atoms with Crippen LogP contribution in [0.5, 0.6) is 0 Å². The lowest BCUT2D eigenvalue weighted by atomic mass is 10.1. The molecule has 8 nitrogen and oxygen atoms in total. The molecule has 0 saturated heterocycles. The molecule has 0 atom stereocenters. The number of nitrogen functional groups attached to an aromatic ring is 1. The van der Waals surface area contributed by atoms with Crippen LogP contribution in [0.1, 0.15) is 20.8 Å². The predicted molar refractivity (Wildman–Crippen MR) is 45.3 cm³/mol. The van der Waals surface area contributed by atoms with E-state index < -0.39 is 5.54 Å². The largest absolute Gasteiger partial charge is 0.587 e. The zero-order valence-corrected chi connectivity index (χ0v) is 8.09. The zero-order valence-electron chi connectivity index (χ0n) is 8.09. The van der Waals surface area contributed by atoms with Crippen molar-refractivity contribution in [3.8, 4) is 0 Å². The van der Waals surface area contributed by atoms with E-state index >= 15 is 0 Å². The Morgan fingerprint density at radius 2 is 2.14 bits per heavy atom. The number of hydrogen-bond acceptors (Lipinski definition) is 6. The van der Waals surface area contributed by atoms with Crippen molar-refractivity contribution < 1.29 is 14.4 Å². The first kappa shape index (κ1) is 10.2. The third-order valence-corrected chi connectivity index (χ3v) is 1.37. The van der Waals surface area contributed by atoms with E-state index in [0.717, 1.165) is 0 Å². The molecule has 8 heteroatoms. The normalized spacial score (nSPS) is 13.2. The lowest BCUT2D eigenvalue weighted by molar-refractivity contribution is -0.795. The molecule has 78 valence electrons. The number of nitrogens with zero attached hydrogens (tertiary/aromatic N) is 4. The Bertz CT molecular complexity index is 345. The van der Waals surface area contributed by atoms with Crippen molar-refractivity contribution in [3.05, 3.63) is 10.4 Å². The lowest BCUT2D eigenvalue weighted by Gasteiger charge is -2.10. The molecule has 1 rings (SSSR count). The van der Waals surface area contributed by atoms with Crippen molar-refractivity contribution >= 4 is 11.6 Å². The predicted octanol–water partition coefficient (Wildman–Crippen LogP) is 0.283. The van der Waals surface area contributed by atoms with Crippen LogP contribution in [0.15, 0.2) is 9.74 Å². The summed E-state index contributed by atoms with van der Waals surface area (Å²) in [6.07, 6.45) is 0. The summed E-state index contributed by atoms with van der Waals surface area (Å²) >= 11 is 0. The van der Waals surface area contributed by atoms with Crippen LogP contribution in [0.4, 0.5) is 11.6 Å². The number of nitrogens with two attached hydrogens (primary N) is 1. The number of azo groups is 1. The summed E-state index contributed by atoms with van der Waals surface area (Å²) in [5, 5.41) is 28.7. The molecule has 0 saturated carbocycles. The van der Waals surface area contributed by atoms with Gasteiger partial charge in [0.15, 0.2) is 5.11 Å². The Morgan fingerprint density at radius 1 is 1.57 bits per heavy atom. The third kappa shape index (κ3) is 1.90. The van der Waals surface area contributed by atoms with Gasteiger partial charge in [0, 0.05) is 20.8 Å². The quantitative estimate of drug-likeness (QED) is 0.303. The molecule has 0 spiro atoms. The van der Waals surface area contributed by atoms with E-state index in [9.17, 15) is 10.4 Å². The monoisotopic (exact) mass is 201 g/mol. The highest BCUT2D eigenvalue weighted by Gasteiger charge is 2.27. The van der Waals surface area contributed by atoms with Gasteiger partial charge in [-0.3, -0.25) is 0 Å². The molecule has 0 unspecified atom stereocenters. The second-order valence-electron chi connectivity index (χ2n) is 3.68. The molecule has 0 bridgehead atoms. The number of hydroxylamine groups is 1. The summed E-state index contributed by atoms with van der Waals surface area (Å²) in [5.41, 5.74) is 4.49. The van der Waals surface area contributed by atoms with Gasteiger partial charge in [-0.15, -0.1) is 0 Å². The highest BCUT2D eigenvalue weighted by atomic mass is 16.8. The molecule has 1 heterocycles. The minimum absolute atomic E-state index is 0.0219. The van der Waals surface area contributed by atoms with Gasteiger partial charge in [-0.1, -0.05) is 0 Å². The molecular formula is C6H11N5O3. The van der Waals surface area contributed by atoms with Crippen LogP contribution in [0.3, 0.4) is 0 Å². The van der Waals surface area contributed by atoms with Crippen molar-refractivity contribution in [2.75, 3.05) is 5.73 Å². The van der Waals surface area contributed by atoms with Gasteiger partial charge >= 0.3 is 11.6 Å². The first-order valence-corrected chi connectivity index (χ1v) is 3.86. The summed E-state index contributed by atoms with van der Waals surface area (Å²) in [5.74, 6) is -0.556. The molecule has 0 aromatic carbocycles. The maximum Gasteiger partial charge on any atom is 0.430 e. The fraction of sp³-hybridized carbons (Fsp3) is 0.667. The van der Waals surface area contributed by atoms with Crippen molar-refractivity contribution in [3.63, 3.8) is 0 Å². The Labute approximate surface area is 79.7 Å². The average Bonchev–Trinajstić information content (AvgIpc) is 2.34. The standard InChI is InChI=1S/C6H11N5O3/c1-6(2,3)11(13)8-5-4(7)9-14-10(5)12/h1-3H3,(H2,7,9). The van der Waals surface area contributed by atoms with Gasteiger partial charge < -0.3 is 20.8 Å². The van der Waals surface area contributed by atoms with Crippen LogP contribution in [0, 0.1) is 10.4 Å². The average molecular weight is 201 g/mol. The van der Waals surface area contributed by atoms with Crippen molar-refractivity contribution in [2.45, 2.75) is 26.3 Å². The van der Waals surface area contributed by atoms with E-state index in [2.05, 4.69) is 14.9 Å². The fourth-order valence-corrected chi connectivity index (χ4v) is 0.578. The summed E-state index contributed by atoms with van der Waals surface area (Å²) in [6.45, 7) is 4.92. The topological polar surface area (TPSA) is 117 Å². The SMILES string of the molecule is CC(C)(C)[N+]([O-])=Nc1c(N)no[n+]1[O-]. The van der Waals surface area contributed by atoms with Gasteiger partial charge in [-0.25, -0.2) is 0 Å². The van der Waals surface area contributed by atoms with E-state index in [-0.39, 0.29) is 16.5 Å². The van der Waals surface area contributed by atoms with Gasteiger partial charge in [0.2, 0.25) is 5.54 Å². The van der Waals surface area contributed by atoms with E-state index in [1.165, 1.54) is 0 Å². The van der Waals surface area contributed by atoms with Crippen molar-refractivity contribution in [1.29, 1.82) is 0 Å². The highest BCUT2D eigenvalue weighted by molar-refractivity contribution is 5.44. The van der Waals surface area contributed by atoms with Crippen LogP contribution < -0.4 is 10.6 Å². The Morgan fingerprint density at radius 3 is 2.50 bits per heavy atom.